The number of rotatable bonds is 9. The molecule has 1 heterocycles. The van der Waals surface area contributed by atoms with Gasteiger partial charge in [0.1, 0.15) is 58.6 Å². The van der Waals surface area contributed by atoms with Gasteiger partial charge in [-0.15, -0.1) is 0 Å². The van der Waals surface area contributed by atoms with Crippen molar-refractivity contribution in [3.8, 4) is 0 Å². The van der Waals surface area contributed by atoms with Crippen molar-refractivity contribution in [1.82, 2.24) is 5.32 Å². The second-order valence-electron chi connectivity index (χ2n) is 17.6. The number of aliphatic hydroxyl groups excluding tert-OH is 2. The summed E-state index contributed by atoms with van der Waals surface area (Å²) < 4.78 is 35.8. The number of ether oxygens (including phenoxy) is 5. The second kappa shape index (κ2) is 16.2. The van der Waals surface area contributed by atoms with Crippen molar-refractivity contribution >= 4 is 52.8 Å². The van der Waals surface area contributed by atoms with Crippen molar-refractivity contribution in [2.45, 2.75) is 128 Å². The number of carbonyl (C=O) groups excluding carboxylic acids is 5. The molecule has 1 saturated heterocycles. The molecule has 6 rings (SSSR count). The zero-order chi connectivity index (χ0) is 43.5. The number of fused-ring (bicyclic) bond motifs is 5. The van der Waals surface area contributed by atoms with Gasteiger partial charge in [-0.05, 0) is 63.5 Å². The first-order valence-corrected chi connectivity index (χ1v) is 20.3. The first-order chi connectivity index (χ1) is 27.5. The van der Waals surface area contributed by atoms with Crippen molar-refractivity contribution in [1.29, 1.82) is 0 Å². The Bertz CT molecular complexity index is 2000. The van der Waals surface area contributed by atoms with Crippen molar-refractivity contribution < 1.29 is 66.0 Å². The van der Waals surface area contributed by atoms with Gasteiger partial charge in [-0.25, -0.2) is 14.4 Å². The topological polar surface area (TPSA) is 213 Å². The molecule has 4 aliphatic rings. The third-order valence-electron chi connectivity index (χ3n) is 12.6. The van der Waals surface area contributed by atoms with Crippen LogP contribution in [0, 0.1) is 16.7 Å². The van der Waals surface area contributed by atoms with Gasteiger partial charge in [-0.2, -0.15) is 0 Å². The minimum absolute atomic E-state index is 0.00353. The molecule has 1 amide bonds. The van der Waals surface area contributed by atoms with Crippen LogP contribution in [0.3, 0.4) is 0 Å². The largest absolute Gasteiger partial charge is 0.456 e. The number of amides is 1. The molecule has 2 aromatic rings. The molecule has 0 radical (unpaired) electrons. The molecule has 16 heteroatoms. The molecule has 2 aromatic carbocycles. The molecule has 4 N–H and O–H groups in total. The van der Waals surface area contributed by atoms with Crippen LogP contribution in [-0.4, -0.2) is 105 Å². The minimum atomic E-state index is -2.30. The lowest BCUT2D eigenvalue weighted by Crippen LogP contribution is -2.81. The molecular weight excluding hydrogens is 881 g/mol. The normalized spacial score (nSPS) is 33.3. The SMILES string of the molecule is CC(=O)O[C@@]12CO[C@@H]1C[C@H](OI)[C@@]1(C)C(=O)[C@H](O)C3=C(C)[C@@H](OC(=O)[C@H](O)C(NC(=O)OC(C)(C)C)c4ccccc4)C[C@@](O)([C@@H](OC(=O)c4ccccc4)[C@H]21)C3(C)C. The maximum atomic E-state index is 15.2. The fourth-order valence-corrected chi connectivity index (χ4v) is 10.4. The van der Waals surface area contributed by atoms with E-state index in [1.807, 2.05) is 0 Å². The van der Waals surface area contributed by atoms with Gasteiger partial charge in [0.2, 0.25) is 0 Å². The summed E-state index contributed by atoms with van der Waals surface area (Å²) in [6.07, 6.45) is -10.3. The van der Waals surface area contributed by atoms with E-state index >= 15 is 4.79 Å². The zero-order valence-corrected chi connectivity index (χ0v) is 36.4. The number of esters is 3. The lowest BCUT2D eigenvalue weighted by Gasteiger charge is -2.67. The number of carbonyl (C=O) groups is 5. The molecule has 3 aliphatic carbocycles. The van der Waals surface area contributed by atoms with E-state index in [0.29, 0.717) is 5.56 Å². The van der Waals surface area contributed by atoms with E-state index in [1.54, 1.807) is 113 Å². The summed E-state index contributed by atoms with van der Waals surface area (Å²) in [6, 6.07) is 14.8. The monoisotopic (exact) mass is 933 g/mol. The average molecular weight is 934 g/mol. The highest BCUT2D eigenvalue weighted by Gasteiger charge is 2.78. The number of Topliss-reactive ketones (excluding diaryl/α,β-unsaturated/α-hetero) is 1. The van der Waals surface area contributed by atoms with E-state index in [0.717, 1.165) is 0 Å². The molecule has 59 heavy (non-hydrogen) atoms. The molecule has 1 unspecified atom stereocenters. The Morgan fingerprint density at radius 3 is 2.14 bits per heavy atom. The van der Waals surface area contributed by atoms with E-state index in [2.05, 4.69) is 5.32 Å². The lowest BCUT2D eigenvalue weighted by molar-refractivity contribution is -0.342. The van der Waals surface area contributed by atoms with Gasteiger partial charge in [0.05, 0.1) is 35.6 Å². The van der Waals surface area contributed by atoms with Crippen molar-refractivity contribution in [2.24, 2.45) is 16.7 Å². The standard InChI is InChI=1S/C43H52INO14/c1-22-26(55-37(51)32(48)30(24-15-11-9-12-16-24)45-38(52)58-39(3,4)5)20-43(53)35(56-36(50)25-17-13-10-14-18-25)33-41(8,34(49)31(47)29(22)40(43,6)7)27(59-44)19-28-42(33,21-54-28)57-23(2)46/h9-18,26-28,30-33,35,47-48,53H,19-21H2,1-8H3,(H,45,52)/t26-,27-,28+,30?,31+,32+,33-,35-,41+,42-,43+/m0/s1. The minimum Gasteiger partial charge on any atom is -0.456 e. The molecular formula is C43H52INO14. The molecule has 2 saturated carbocycles. The number of halogens is 1. The van der Waals surface area contributed by atoms with Crippen LogP contribution in [0.15, 0.2) is 71.8 Å². The first kappa shape index (κ1) is 44.6. The van der Waals surface area contributed by atoms with Crippen LogP contribution in [0.5, 0.6) is 0 Å². The predicted molar refractivity (Wildman–Crippen MR) is 216 cm³/mol. The zero-order valence-electron chi connectivity index (χ0n) is 34.2. The number of ketones is 1. The smallest absolute Gasteiger partial charge is 0.408 e. The van der Waals surface area contributed by atoms with Crippen LogP contribution in [0.4, 0.5) is 4.79 Å². The Balaban J connectivity index is 1.50. The Kier molecular flexibility index (Phi) is 12.2. The van der Waals surface area contributed by atoms with E-state index in [-0.39, 0.29) is 29.7 Å². The van der Waals surface area contributed by atoms with Gasteiger partial charge in [-0.3, -0.25) is 9.59 Å². The number of benzene rings is 2. The fraction of sp³-hybridized carbons (Fsp3) is 0.558. The highest BCUT2D eigenvalue weighted by atomic mass is 127. The van der Waals surface area contributed by atoms with Crippen LogP contribution in [0.2, 0.25) is 0 Å². The summed E-state index contributed by atoms with van der Waals surface area (Å²) in [5.41, 5.74) is -7.59. The third-order valence-corrected chi connectivity index (χ3v) is 13.3. The molecule has 0 spiro atoms. The number of alkyl carbamates (subject to hydrolysis) is 1. The molecule has 15 nitrogen and oxygen atoms in total. The summed E-state index contributed by atoms with van der Waals surface area (Å²) in [7, 11) is 0. The summed E-state index contributed by atoms with van der Waals surface area (Å²) >= 11 is 1.66. The lowest BCUT2D eigenvalue weighted by atomic mass is 9.44. The second-order valence-corrected chi connectivity index (χ2v) is 18.1. The number of hydrogen-bond acceptors (Lipinski definition) is 14. The number of hydrogen-bond donors (Lipinski definition) is 4. The van der Waals surface area contributed by atoms with Crippen LogP contribution < -0.4 is 5.32 Å². The van der Waals surface area contributed by atoms with Gasteiger partial charge < -0.3 is 47.4 Å². The van der Waals surface area contributed by atoms with Crippen molar-refractivity contribution in [3.05, 3.63) is 82.9 Å². The Morgan fingerprint density at radius 1 is 0.983 bits per heavy atom. The van der Waals surface area contributed by atoms with Gasteiger partial charge in [-0.1, -0.05) is 62.4 Å². The number of aliphatic hydroxyl groups is 3. The Labute approximate surface area is 356 Å². The van der Waals surface area contributed by atoms with Crippen LogP contribution in [0.25, 0.3) is 0 Å². The van der Waals surface area contributed by atoms with E-state index < -0.39 is 112 Å². The van der Waals surface area contributed by atoms with E-state index in [1.165, 1.54) is 26.0 Å². The quantitative estimate of drug-likeness (QED) is 0.117. The fourth-order valence-electron chi connectivity index (χ4n) is 9.67. The van der Waals surface area contributed by atoms with Crippen molar-refractivity contribution in [2.75, 3.05) is 6.61 Å². The molecule has 2 bridgehead atoms. The molecule has 11 atom stereocenters. The summed E-state index contributed by atoms with van der Waals surface area (Å²) in [5.74, 6) is -4.99. The van der Waals surface area contributed by atoms with Gasteiger partial charge in [0.25, 0.3) is 0 Å². The van der Waals surface area contributed by atoms with E-state index in [4.69, 9.17) is 26.8 Å². The summed E-state index contributed by atoms with van der Waals surface area (Å²) in [6.45, 7) is 12.2. The van der Waals surface area contributed by atoms with Crippen LogP contribution in [-0.2, 0) is 41.1 Å². The average Bonchev–Trinajstić information content (AvgIpc) is 3.16. The maximum Gasteiger partial charge on any atom is 0.408 e. The van der Waals surface area contributed by atoms with Crippen LogP contribution >= 0.6 is 23.0 Å². The maximum absolute atomic E-state index is 15.2. The van der Waals surface area contributed by atoms with Crippen LogP contribution in [0.1, 0.15) is 90.2 Å². The molecule has 320 valence electrons. The summed E-state index contributed by atoms with van der Waals surface area (Å²) in [4.78, 5) is 69.4. The highest BCUT2D eigenvalue weighted by Crippen LogP contribution is 2.64. The van der Waals surface area contributed by atoms with E-state index in [9.17, 15) is 34.5 Å². The molecule has 0 aromatic heterocycles. The number of nitrogens with one attached hydrogen (secondary N) is 1. The third kappa shape index (κ3) is 7.69. The highest BCUT2D eigenvalue weighted by molar-refractivity contribution is 14.1. The Hall–Kier alpha value is -3.94. The van der Waals surface area contributed by atoms with Gasteiger partial charge >= 0.3 is 24.0 Å². The summed E-state index contributed by atoms with van der Waals surface area (Å²) in [5, 5.41) is 40.1. The Morgan fingerprint density at radius 2 is 1.59 bits per heavy atom. The van der Waals surface area contributed by atoms with Gasteiger partial charge in [0.15, 0.2) is 17.5 Å². The van der Waals surface area contributed by atoms with Gasteiger partial charge in [0, 0.05) is 25.2 Å². The molecule has 1 aliphatic heterocycles. The molecule has 3 fully saturated rings. The van der Waals surface area contributed by atoms with Crippen molar-refractivity contribution in [3.63, 3.8) is 0 Å². The predicted octanol–water partition coefficient (Wildman–Crippen LogP) is 4.63. The first-order valence-electron chi connectivity index (χ1n) is 19.5.